The number of ether oxygens (including phenoxy) is 1. The summed E-state index contributed by atoms with van der Waals surface area (Å²) in [5.74, 6) is 0.390. The summed E-state index contributed by atoms with van der Waals surface area (Å²) < 4.78 is 13.2. The normalized spacial score (nSPS) is 11.2. The van der Waals surface area contributed by atoms with Crippen molar-refractivity contribution in [1.29, 1.82) is 0 Å². The van der Waals surface area contributed by atoms with Crippen molar-refractivity contribution in [1.82, 2.24) is 19.5 Å². The molecule has 0 aliphatic heterocycles. The molecule has 0 saturated carbocycles. The number of benzene rings is 2. The van der Waals surface area contributed by atoms with Crippen LogP contribution in [0.25, 0.3) is 22.4 Å². The van der Waals surface area contributed by atoms with Gasteiger partial charge < -0.3 is 13.7 Å². The lowest BCUT2D eigenvalue weighted by Crippen LogP contribution is -2.04. The van der Waals surface area contributed by atoms with Crippen LogP contribution in [0.15, 0.2) is 65.6 Å². The third kappa shape index (κ3) is 4.50. The molecule has 3 aromatic heterocycles. The zero-order valence-corrected chi connectivity index (χ0v) is 20.6. The summed E-state index contributed by atoms with van der Waals surface area (Å²) in [6.45, 7) is 2.69. The van der Waals surface area contributed by atoms with Gasteiger partial charge >= 0.3 is 0 Å². The zero-order valence-electron chi connectivity index (χ0n) is 18.3. The monoisotopic (exact) mass is 526 g/mol. The van der Waals surface area contributed by atoms with E-state index in [-0.39, 0.29) is 16.6 Å². The molecule has 10 heteroatoms. The van der Waals surface area contributed by atoms with E-state index in [1.54, 1.807) is 30.5 Å². The predicted octanol–water partition coefficient (Wildman–Crippen LogP) is 6.72. The van der Waals surface area contributed by atoms with Gasteiger partial charge in [-0.05, 0) is 48.9 Å². The molecular weight excluding hydrogens is 511 g/mol. The highest BCUT2D eigenvalue weighted by atomic mass is 35.5. The Morgan fingerprint density at radius 2 is 1.94 bits per heavy atom. The van der Waals surface area contributed by atoms with E-state index in [9.17, 15) is 4.79 Å². The Bertz CT molecular complexity index is 1550. The van der Waals surface area contributed by atoms with Crippen molar-refractivity contribution in [3.8, 4) is 17.2 Å². The van der Waals surface area contributed by atoms with Gasteiger partial charge in [0.2, 0.25) is 0 Å². The Hall–Kier alpha value is -3.39. The van der Waals surface area contributed by atoms with E-state index < -0.39 is 5.78 Å². The molecule has 3 heterocycles. The van der Waals surface area contributed by atoms with Crippen LogP contribution in [0.3, 0.4) is 0 Å². The summed E-state index contributed by atoms with van der Waals surface area (Å²) in [6.07, 6.45) is 4.41. The van der Waals surface area contributed by atoms with E-state index in [0.717, 1.165) is 11.1 Å². The maximum atomic E-state index is 13.6. The highest BCUT2D eigenvalue weighted by molar-refractivity contribution is 6.37. The van der Waals surface area contributed by atoms with Gasteiger partial charge in [0, 0.05) is 21.6 Å². The van der Waals surface area contributed by atoms with Gasteiger partial charge in [0.05, 0.1) is 30.4 Å². The van der Waals surface area contributed by atoms with Gasteiger partial charge in [-0.15, -0.1) is 0 Å². The minimum Gasteiger partial charge on any atom is -0.494 e. The number of carbonyl (C=O) groups is 1. The number of hydrogen-bond donors (Lipinski definition) is 0. The van der Waals surface area contributed by atoms with Crippen LogP contribution >= 0.6 is 34.8 Å². The van der Waals surface area contributed by atoms with Crippen molar-refractivity contribution in [2.24, 2.45) is 0 Å². The van der Waals surface area contributed by atoms with Crippen molar-refractivity contribution in [2.45, 2.75) is 13.5 Å². The first-order valence-electron chi connectivity index (χ1n) is 10.6. The topological polar surface area (TPSA) is 83.0 Å². The average molecular weight is 528 g/mol. The van der Waals surface area contributed by atoms with Crippen molar-refractivity contribution >= 4 is 51.5 Å². The molecule has 0 bridgehead atoms. The maximum Gasteiger partial charge on any atom is 0.269 e. The van der Waals surface area contributed by atoms with Crippen LogP contribution in [0.2, 0.25) is 15.2 Å². The number of ketones is 1. The second kappa shape index (κ2) is 9.70. The lowest BCUT2D eigenvalue weighted by Gasteiger charge is -2.10. The minimum atomic E-state index is -0.463. The van der Waals surface area contributed by atoms with Crippen molar-refractivity contribution in [3.63, 3.8) is 0 Å². The van der Waals surface area contributed by atoms with Gasteiger partial charge in [-0.3, -0.25) is 4.79 Å². The number of carbonyl (C=O) groups excluding carboxylic acids is 1. The number of nitrogens with zero attached hydrogens (tertiary/aromatic N) is 4. The maximum absolute atomic E-state index is 13.6. The third-order valence-corrected chi connectivity index (χ3v) is 6.37. The van der Waals surface area contributed by atoms with E-state index in [0.29, 0.717) is 45.8 Å². The molecule has 5 rings (SSSR count). The number of oxazole rings is 1. The van der Waals surface area contributed by atoms with Gasteiger partial charge in [0.15, 0.2) is 5.76 Å². The van der Waals surface area contributed by atoms with E-state index in [4.69, 9.17) is 44.0 Å². The Morgan fingerprint density at radius 1 is 1.09 bits per heavy atom. The molecule has 0 aliphatic carbocycles. The summed E-state index contributed by atoms with van der Waals surface area (Å²) in [7, 11) is 0. The Balaban J connectivity index is 1.62. The zero-order chi connectivity index (χ0) is 24.5. The highest BCUT2D eigenvalue weighted by Crippen LogP contribution is 2.36. The second-order valence-electron chi connectivity index (χ2n) is 7.55. The fourth-order valence-electron chi connectivity index (χ4n) is 3.79. The van der Waals surface area contributed by atoms with Gasteiger partial charge in [0.1, 0.15) is 22.9 Å². The molecule has 0 atom stereocenters. The highest BCUT2D eigenvalue weighted by Gasteiger charge is 2.27. The summed E-state index contributed by atoms with van der Waals surface area (Å²) in [6, 6.07) is 12.4. The van der Waals surface area contributed by atoms with Gasteiger partial charge in [-0.25, -0.2) is 15.0 Å². The van der Waals surface area contributed by atoms with Crippen molar-refractivity contribution < 1.29 is 13.9 Å². The van der Waals surface area contributed by atoms with Gasteiger partial charge in [-0.1, -0.05) is 40.9 Å². The third-order valence-electron chi connectivity index (χ3n) is 5.39. The predicted molar refractivity (Wildman–Crippen MR) is 135 cm³/mol. The summed E-state index contributed by atoms with van der Waals surface area (Å²) in [4.78, 5) is 25.8. The molecular formula is C25H17Cl3N4O3. The van der Waals surface area contributed by atoms with E-state index in [1.165, 1.54) is 12.5 Å². The van der Waals surface area contributed by atoms with Crippen LogP contribution < -0.4 is 4.74 Å². The average Bonchev–Trinajstić information content (AvgIpc) is 3.45. The van der Waals surface area contributed by atoms with Gasteiger partial charge in [0.25, 0.3) is 11.7 Å². The molecule has 0 radical (unpaired) electrons. The van der Waals surface area contributed by atoms with Crippen molar-refractivity contribution in [2.75, 3.05) is 6.61 Å². The summed E-state index contributed by atoms with van der Waals surface area (Å²) in [5.41, 5.74) is 2.29. The van der Waals surface area contributed by atoms with E-state index in [2.05, 4.69) is 15.0 Å². The van der Waals surface area contributed by atoms with Crippen LogP contribution in [0, 0.1) is 0 Å². The second-order valence-corrected chi connectivity index (χ2v) is 8.75. The fourth-order valence-corrected chi connectivity index (χ4v) is 4.60. The molecule has 176 valence electrons. The molecule has 35 heavy (non-hydrogen) atoms. The van der Waals surface area contributed by atoms with Crippen LogP contribution in [0.5, 0.6) is 5.75 Å². The number of hydrogen-bond acceptors (Lipinski definition) is 6. The molecule has 0 unspecified atom stereocenters. The molecule has 0 spiro atoms. The van der Waals surface area contributed by atoms with E-state index in [1.807, 2.05) is 29.7 Å². The molecule has 0 amide bonds. The molecule has 5 aromatic rings. The number of fused-ring (bicyclic) bond motifs is 1. The SMILES string of the molecule is CCOc1ccc2c(c1)c(C(=O)c1ncc(-c3ccncn3)o1)c(Cl)n2Cc1ccc(Cl)cc1Cl. The summed E-state index contributed by atoms with van der Waals surface area (Å²) >= 11 is 19.3. The summed E-state index contributed by atoms with van der Waals surface area (Å²) in [5, 5.41) is 1.86. The van der Waals surface area contributed by atoms with E-state index >= 15 is 0 Å². The Morgan fingerprint density at radius 3 is 2.69 bits per heavy atom. The molecule has 2 aromatic carbocycles. The standard InChI is InChI=1S/C25H17Cl3N4O3/c1-2-34-16-5-6-20-17(10-16)22(24(28)32(20)12-14-3-4-15(26)9-18(14)27)23(33)25-30-11-21(35-25)19-7-8-29-13-31-19/h3-11,13H,2,12H2,1H3. The van der Waals surface area contributed by atoms with Crippen molar-refractivity contribution in [3.05, 3.63) is 93.4 Å². The van der Waals surface area contributed by atoms with Crippen LogP contribution in [-0.4, -0.2) is 31.9 Å². The number of rotatable bonds is 7. The van der Waals surface area contributed by atoms with Crippen LogP contribution in [0.4, 0.5) is 0 Å². The first-order chi connectivity index (χ1) is 17.0. The Kier molecular flexibility index (Phi) is 6.47. The molecule has 7 nitrogen and oxygen atoms in total. The van der Waals surface area contributed by atoms with Crippen LogP contribution in [-0.2, 0) is 6.54 Å². The van der Waals surface area contributed by atoms with Crippen LogP contribution in [0.1, 0.15) is 28.7 Å². The quantitative estimate of drug-likeness (QED) is 0.218. The molecule has 0 N–H and O–H groups in total. The smallest absolute Gasteiger partial charge is 0.269 e. The molecule has 0 saturated heterocycles. The Labute approximate surface area is 215 Å². The lowest BCUT2D eigenvalue weighted by molar-refractivity contribution is 0.100. The van der Waals surface area contributed by atoms with Gasteiger partial charge in [-0.2, -0.15) is 0 Å². The largest absolute Gasteiger partial charge is 0.494 e. The fraction of sp³-hybridized carbons (Fsp3) is 0.120. The minimum absolute atomic E-state index is 0.106. The lowest BCUT2D eigenvalue weighted by atomic mass is 10.1. The first kappa shape index (κ1) is 23.4. The molecule has 0 aliphatic rings. The molecule has 0 fully saturated rings. The first-order valence-corrected chi connectivity index (χ1v) is 11.7. The number of halogens is 3. The number of aromatic nitrogens is 4.